The maximum atomic E-state index is 5.44. The van der Waals surface area contributed by atoms with Gasteiger partial charge < -0.3 is 9.30 Å². The molecule has 0 bridgehead atoms. The van der Waals surface area contributed by atoms with E-state index in [2.05, 4.69) is 150 Å². The summed E-state index contributed by atoms with van der Waals surface area (Å²) in [6.07, 6.45) is 0. The van der Waals surface area contributed by atoms with Crippen molar-refractivity contribution in [3.05, 3.63) is 158 Å². The minimum Gasteiger partial charge on any atom is -0.497 e. The van der Waals surface area contributed by atoms with Crippen molar-refractivity contribution in [2.45, 2.75) is 0 Å². The third-order valence-electron chi connectivity index (χ3n) is 9.10. The third-order valence-corrected chi connectivity index (χ3v) is 10.3. The van der Waals surface area contributed by atoms with Gasteiger partial charge in [-0.25, -0.2) is 0 Å². The molecule has 9 rings (SSSR count). The van der Waals surface area contributed by atoms with Crippen molar-refractivity contribution in [2.75, 3.05) is 7.11 Å². The number of rotatable bonds is 5. The molecule has 0 amide bonds. The van der Waals surface area contributed by atoms with E-state index in [9.17, 15) is 0 Å². The minimum absolute atomic E-state index is 0.862. The molecule has 0 aliphatic heterocycles. The zero-order valence-corrected chi connectivity index (χ0v) is 26.1. The number of hydrogen-bond donors (Lipinski definition) is 0. The molecule has 46 heavy (non-hydrogen) atoms. The average molecular weight is 608 g/mol. The van der Waals surface area contributed by atoms with E-state index in [1.807, 2.05) is 23.5 Å². The summed E-state index contributed by atoms with van der Waals surface area (Å²) in [5, 5.41) is 5.17. The van der Waals surface area contributed by atoms with Gasteiger partial charge in [-0.1, -0.05) is 103 Å². The van der Waals surface area contributed by atoms with Crippen LogP contribution in [0.15, 0.2) is 158 Å². The molecule has 3 heteroatoms. The molecule has 0 saturated carbocycles. The summed E-state index contributed by atoms with van der Waals surface area (Å²) in [7, 11) is 1.71. The van der Waals surface area contributed by atoms with E-state index >= 15 is 0 Å². The van der Waals surface area contributed by atoms with Crippen molar-refractivity contribution in [3.8, 4) is 44.8 Å². The number of benzene rings is 7. The number of para-hydroxylation sites is 1. The second-order valence-electron chi connectivity index (χ2n) is 11.7. The first kappa shape index (κ1) is 26.7. The Kier molecular flexibility index (Phi) is 6.25. The normalized spacial score (nSPS) is 11.6. The van der Waals surface area contributed by atoms with Gasteiger partial charge in [0.1, 0.15) is 5.75 Å². The summed E-state index contributed by atoms with van der Waals surface area (Å²) in [5.74, 6) is 0.862. The molecule has 7 aromatic carbocycles. The maximum Gasteiger partial charge on any atom is 0.118 e. The fourth-order valence-electron chi connectivity index (χ4n) is 6.91. The minimum atomic E-state index is 0.862. The SMILES string of the molecule is COc1ccc(-c2ccc3c(c2)c2c4sc5ccc(-c6ccccc6)cc5c4c(-c4ccccc4)cc2n3-c2ccccc2)cc1. The Labute approximate surface area is 271 Å². The highest BCUT2D eigenvalue weighted by Gasteiger charge is 2.22. The number of aromatic nitrogens is 1. The number of fused-ring (bicyclic) bond motifs is 7. The van der Waals surface area contributed by atoms with Crippen LogP contribution in [0.4, 0.5) is 0 Å². The highest BCUT2D eigenvalue weighted by atomic mass is 32.1. The predicted octanol–water partition coefficient (Wildman–Crippen LogP) is 12.2. The smallest absolute Gasteiger partial charge is 0.118 e. The van der Waals surface area contributed by atoms with Crippen LogP contribution in [-0.4, -0.2) is 11.7 Å². The standard InChI is InChI=1S/C43H29NOS/c1-45-34-21-17-29(18-22-34)31-19-23-38-36(25-31)42-39(44(38)33-15-9-4-10-16-33)27-35(30-13-7-3-8-14-30)41-37-26-32(28-11-5-2-6-12-28)20-24-40(37)46-43(41)42/h2-27H,1H3. The van der Waals surface area contributed by atoms with Gasteiger partial charge >= 0.3 is 0 Å². The summed E-state index contributed by atoms with van der Waals surface area (Å²) >= 11 is 1.90. The third kappa shape index (κ3) is 4.24. The molecular formula is C43H29NOS. The Hall–Kier alpha value is -5.64. The molecule has 9 aromatic rings. The molecule has 218 valence electrons. The van der Waals surface area contributed by atoms with Crippen LogP contribution in [-0.2, 0) is 0 Å². The van der Waals surface area contributed by atoms with Gasteiger partial charge in [-0.05, 0) is 88.0 Å². The van der Waals surface area contributed by atoms with Gasteiger partial charge in [-0.2, -0.15) is 0 Å². The first-order valence-electron chi connectivity index (χ1n) is 15.5. The second-order valence-corrected chi connectivity index (χ2v) is 12.8. The summed E-state index contributed by atoms with van der Waals surface area (Å²) in [6.45, 7) is 0. The Morgan fingerprint density at radius 1 is 0.478 bits per heavy atom. The van der Waals surface area contributed by atoms with Gasteiger partial charge in [-0.15, -0.1) is 11.3 Å². The monoisotopic (exact) mass is 607 g/mol. The van der Waals surface area contributed by atoms with E-state index in [1.54, 1.807) is 7.11 Å². The van der Waals surface area contributed by atoms with E-state index in [4.69, 9.17) is 4.74 Å². The summed E-state index contributed by atoms with van der Waals surface area (Å²) in [4.78, 5) is 0. The van der Waals surface area contributed by atoms with Gasteiger partial charge in [0.05, 0.1) is 18.1 Å². The van der Waals surface area contributed by atoms with Crippen LogP contribution in [0.3, 0.4) is 0 Å². The Bertz CT molecular complexity index is 2530. The molecule has 0 fully saturated rings. The zero-order valence-electron chi connectivity index (χ0n) is 25.3. The van der Waals surface area contributed by atoms with Crippen LogP contribution in [0.5, 0.6) is 5.75 Å². The number of methoxy groups -OCH3 is 1. The second kappa shape index (κ2) is 10.8. The molecule has 2 heterocycles. The molecule has 2 nitrogen and oxygen atoms in total. The van der Waals surface area contributed by atoms with Crippen LogP contribution in [0.25, 0.3) is 81.0 Å². The van der Waals surface area contributed by atoms with Gasteiger partial charge in [0.25, 0.3) is 0 Å². The molecule has 0 saturated heterocycles. The predicted molar refractivity (Wildman–Crippen MR) is 197 cm³/mol. The zero-order chi connectivity index (χ0) is 30.6. The van der Waals surface area contributed by atoms with Crippen molar-refractivity contribution >= 4 is 53.3 Å². The lowest BCUT2D eigenvalue weighted by Gasteiger charge is -2.11. The van der Waals surface area contributed by atoms with E-state index in [0.717, 1.165) is 11.4 Å². The lowest BCUT2D eigenvalue weighted by atomic mass is 9.95. The molecule has 0 aliphatic rings. The number of thiophene rings is 1. The quantitative estimate of drug-likeness (QED) is 0.190. The van der Waals surface area contributed by atoms with Gasteiger partial charge in [0, 0.05) is 36.6 Å². The largest absolute Gasteiger partial charge is 0.497 e. The van der Waals surface area contributed by atoms with Crippen molar-refractivity contribution < 1.29 is 4.74 Å². The first-order valence-corrected chi connectivity index (χ1v) is 16.4. The molecule has 2 aromatic heterocycles. The Balaban J connectivity index is 1.43. The summed E-state index contributed by atoms with van der Waals surface area (Å²) < 4.78 is 10.5. The molecule has 0 atom stereocenters. The fraction of sp³-hybridized carbons (Fsp3) is 0.0233. The van der Waals surface area contributed by atoms with Crippen molar-refractivity contribution in [1.29, 1.82) is 0 Å². The van der Waals surface area contributed by atoms with Crippen molar-refractivity contribution in [3.63, 3.8) is 0 Å². The van der Waals surface area contributed by atoms with Crippen LogP contribution in [0.2, 0.25) is 0 Å². The molecule has 0 unspecified atom stereocenters. The van der Waals surface area contributed by atoms with E-state index in [0.29, 0.717) is 0 Å². The number of ether oxygens (including phenoxy) is 1. The first-order chi connectivity index (χ1) is 22.8. The van der Waals surface area contributed by atoms with Crippen molar-refractivity contribution in [2.24, 2.45) is 0 Å². The fourth-order valence-corrected chi connectivity index (χ4v) is 8.18. The van der Waals surface area contributed by atoms with E-state index < -0.39 is 0 Å². The van der Waals surface area contributed by atoms with Crippen molar-refractivity contribution in [1.82, 2.24) is 4.57 Å². The van der Waals surface area contributed by atoms with Gasteiger partial charge in [0.15, 0.2) is 0 Å². The lowest BCUT2D eigenvalue weighted by Crippen LogP contribution is -1.93. The Morgan fingerprint density at radius 3 is 1.76 bits per heavy atom. The Morgan fingerprint density at radius 2 is 1.07 bits per heavy atom. The van der Waals surface area contributed by atoms with E-state index in [-0.39, 0.29) is 0 Å². The highest BCUT2D eigenvalue weighted by molar-refractivity contribution is 7.27. The average Bonchev–Trinajstić information content (AvgIpc) is 3.67. The molecule has 0 spiro atoms. The molecule has 0 aliphatic carbocycles. The summed E-state index contributed by atoms with van der Waals surface area (Å²) in [5.41, 5.74) is 10.9. The lowest BCUT2D eigenvalue weighted by molar-refractivity contribution is 0.415. The highest BCUT2D eigenvalue weighted by Crippen LogP contribution is 2.48. The van der Waals surface area contributed by atoms with Crippen LogP contribution in [0.1, 0.15) is 0 Å². The molecular weight excluding hydrogens is 579 g/mol. The maximum absolute atomic E-state index is 5.44. The topological polar surface area (TPSA) is 14.2 Å². The van der Waals surface area contributed by atoms with Crippen LogP contribution >= 0.6 is 11.3 Å². The number of hydrogen-bond acceptors (Lipinski definition) is 2. The van der Waals surface area contributed by atoms with Gasteiger partial charge in [-0.3, -0.25) is 0 Å². The summed E-state index contributed by atoms with van der Waals surface area (Å²) in [6, 6.07) is 57.0. The molecule has 0 N–H and O–H groups in total. The van der Waals surface area contributed by atoms with E-state index in [1.165, 1.54) is 75.4 Å². The number of nitrogens with zero attached hydrogens (tertiary/aromatic N) is 1. The van der Waals surface area contributed by atoms with Gasteiger partial charge in [0.2, 0.25) is 0 Å². The molecule has 0 radical (unpaired) electrons. The van der Waals surface area contributed by atoms with Crippen LogP contribution < -0.4 is 4.74 Å². The van der Waals surface area contributed by atoms with Crippen LogP contribution in [0, 0.1) is 0 Å².